The van der Waals surface area contributed by atoms with Gasteiger partial charge in [0.15, 0.2) is 0 Å². The Labute approximate surface area is 193 Å². The number of urea groups is 1. The molecular formula is C26H26N6O. The summed E-state index contributed by atoms with van der Waals surface area (Å²) < 4.78 is 1.97. The number of fused-ring (bicyclic) bond motifs is 1. The number of benzene rings is 3. The van der Waals surface area contributed by atoms with Crippen molar-refractivity contribution < 1.29 is 4.79 Å². The second kappa shape index (κ2) is 9.67. The molecule has 2 amide bonds. The van der Waals surface area contributed by atoms with Crippen LogP contribution in [0.5, 0.6) is 0 Å². The van der Waals surface area contributed by atoms with Crippen LogP contribution in [-0.2, 0) is 26.1 Å². The normalized spacial score (nSPS) is 13.3. The molecule has 4 aromatic rings. The number of hydrogen-bond donors (Lipinski definition) is 2. The molecule has 33 heavy (non-hydrogen) atoms. The maximum atomic E-state index is 12.5. The van der Waals surface area contributed by atoms with E-state index in [1.54, 1.807) is 0 Å². The van der Waals surface area contributed by atoms with Crippen molar-refractivity contribution in [2.45, 2.75) is 26.1 Å². The molecule has 3 aromatic carbocycles. The first-order valence-electron chi connectivity index (χ1n) is 11.1. The Morgan fingerprint density at radius 2 is 1.67 bits per heavy atom. The molecule has 166 valence electrons. The Kier molecular flexibility index (Phi) is 6.12. The predicted molar refractivity (Wildman–Crippen MR) is 129 cm³/mol. The summed E-state index contributed by atoms with van der Waals surface area (Å²) in [6, 6.07) is 25.7. The molecule has 2 heterocycles. The Hall–Kier alpha value is -3.97. The second-order valence-corrected chi connectivity index (χ2v) is 8.22. The SMILES string of the molecule is O=C(Nc1ccccc1)Nc1cccc2c1CCN(Cc1cnnn1Cc1ccccc1)C2. The molecule has 7 nitrogen and oxygen atoms in total. The molecule has 0 unspecified atom stereocenters. The van der Waals surface area contributed by atoms with Crippen LogP contribution in [0, 0.1) is 0 Å². The van der Waals surface area contributed by atoms with Gasteiger partial charge in [-0.25, -0.2) is 9.48 Å². The monoisotopic (exact) mass is 438 g/mol. The summed E-state index contributed by atoms with van der Waals surface area (Å²) in [6.07, 6.45) is 2.72. The van der Waals surface area contributed by atoms with E-state index in [4.69, 9.17) is 0 Å². The van der Waals surface area contributed by atoms with E-state index in [0.717, 1.165) is 43.1 Å². The van der Waals surface area contributed by atoms with Crippen molar-refractivity contribution in [3.8, 4) is 0 Å². The van der Waals surface area contributed by atoms with Crippen molar-refractivity contribution in [1.82, 2.24) is 19.9 Å². The summed E-state index contributed by atoms with van der Waals surface area (Å²) in [6.45, 7) is 3.22. The van der Waals surface area contributed by atoms with E-state index in [1.807, 2.05) is 71.5 Å². The Bertz CT molecular complexity index is 1220. The molecule has 0 radical (unpaired) electrons. The molecule has 1 aliphatic heterocycles. The highest BCUT2D eigenvalue weighted by molar-refractivity contribution is 6.00. The zero-order chi connectivity index (χ0) is 22.5. The maximum absolute atomic E-state index is 12.5. The topological polar surface area (TPSA) is 75.1 Å². The minimum absolute atomic E-state index is 0.229. The van der Waals surface area contributed by atoms with E-state index >= 15 is 0 Å². The van der Waals surface area contributed by atoms with Gasteiger partial charge in [0, 0.05) is 31.0 Å². The molecule has 0 saturated heterocycles. The minimum atomic E-state index is -0.229. The lowest BCUT2D eigenvalue weighted by atomic mass is 9.97. The van der Waals surface area contributed by atoms with E-state index in [-0.39, 0.29) is 6.03 Å². The molecular weight excluding hydrogens is 412 g/mol. The smallest absolute Gasteiger partial charge is 0.308 e. The second-order valence-electron chi connectivity index (χ2n) is 8.22. The van der Waals surface area contributed by atoms with E-state index in [1.165, 1.54) is 16.7 Å². The number of amides is 2. The summed E-state index contributed by atoms with van der Waals surface area (Å²) in [7, 11) is 0. The lowest BCUT2D eigenvalue weighted by Gasteiger charge is -2.30. The zero-order valence-electron chi connectivity index (χ0n) is 18.3. The number of anilines is 2. The van der Waals surface area contributed by atoms with Crippen LogP contribution < -0.4 is 10.6 Å². The third-order valence-corrected chi connectivity index (χ3v) is 5.88. The van der Waals surface area contributed by atoms with Gasteiger partial charge in [-0.3, -0.25) is 4.90 Å². The van der Waals surface area contributed by atoms with Crippen LogP contribution >= 0.6 is 0 Å². The zero-order valence-corrected chi connectivity index (χ0v) is 18.3. The Morgan fingerprint density at radius 1 is 0.879 bits per heavy atom. The van der Waals surface area contributed by atoms with Gasteiger partial charge in [0.1, 0.15) is 0 Å². The molecule has 5 rings (SSSR count). The standard InChI is InChI=1S/C26H26N6O/c33-26(28-22-11-5-2-6-12-22)29-25-13-7-10-21-18-31(15-14-24(21)25)19-23-16-27-30-32(23)17-20-8-3-1-4-9-20/h1-13,16H,14-15,17-19H2,(H2,28,29,33). The number of nitrogens with one attached hydrogen (secondary N) is 2. The number of hydrogen-bond acceptors (Lipinski definition) is 4. The van der Waals surface area contributed by atoms with Crippen molar-refractivity contribution >= 4 is 17.4 Å². The predicted octanol–water partition coefficient (Wildman–Crippen LogP) is 4.53. The molecule has 7 heteroatoms. The first kappa shape index (κ1) is 20.9. The number of para-hydroxylation sites is 1. The van der Waals surface area contributed by atoms with Gasteiger partial charge >= 0.3 is 6.03 Å². The third-order valence-electron chi connectivity index (χ3n) is 5.88. The van der Waals surface area contributed by atoms with Crippen molar-refractivity contribution in [3.05, 3.63) is 107 Å². The van der Waals surface area contributed by atoms with Crippen LogP contribution in [0.2, 0.25) is 0 Å². The molecule has 1 aromatic heterocycles. The van der Waals surface area contributed by atoms with E-state index in [9.17, 15) is 4.79 Å². The number of nitrogens with zero attached hydrogens (tertiary/aromatic N) is 4. The van der Waals surface area contributed by atoms with Crippen molar-refractivity contribution in [1.29, 1.82) is 0 Å². The molecule has 0 bridgehead atoms. The molecule has 0 atom stereocenters. The van der Waals surface area contributed by atoms with Crippen LogP contribution in [0.1, 0.15) is 22.4 Å². The van der Waals surface area contributed by atoms with E-state index < -0.39 is 0 Å². The maximum Gasteiger partial charge on any atom is 0.323 e. The number of rotatable bonds is 6. The molecule has 0 aliphatic carbocycles. The van der Waals surface area contributed by atoms with Gasteiger partial charge in [-0.15, -0.1) is 5.10 Å². The van der Waals surface area contributed by atoms with Crippen molar-refractivity contribution in [2.75, 3.05) is 17.2 Å². The Balaban J connectivity index is 1.24. The van der Waals surface area contributed by atoms with Crippen LogP contribution in [-0.4, -0.2) is 32.5 Å². The van der Waals surface area contributed by atoms with Crippen molar-refractivity contribution in [3.63, 3.8) is 0 Å². The van der Waals surface area contributed by atoms with Crippen LogP contribution in [0.3, 0.4) is 0 Å². The summed E-state index contributed by atoms with van der Waals surface area (Å²) >= 11 is 0. The highest BCUT2D eigenvalue weighted by Crippen LogP contribution is 2.27. The highest BCUT2D eigenvalue weighted by Gasteiger charge is 2.21. The van der Waals surface area contributed by atoms with Gasteiger partial charge in [0.2, 0.25) is 0 Å². The average Bonchev–Trinajstić information content (AvgIpc) is 3.26. The van der Waals surface area contributed by atoms with E-state index in [0.29, 0.717) is 6.54 Å². The summed E-state index contributed by atoms with van der Waals surface area (Å²) in [5.41, 5.74) is 6.38. The van der Waals surface area contributed by atoms with Gasteiger partial charge in [-0.05, 0) is 41.3 Å². The minimum Gasteiger partial charge on any atom is -0.308 e. The fourth-order valence-electron chi connectivity index (χ4n) is 4.25. The highest BCUT2D eigenvalue weighted by atomic mass is 16.2. The molecule has 1 aliphatic rings. The summed E-state index contributed by atoms with van der Waals surface area (Å²) in [5.74, 6) is 0. The largest absolute Gasteiger partial charge is 0.323 e. The molecule has 0 saturated carbocycles. The van der Waals surface area contributed by atoms with Crippen molar-refractivity contribution in [2.24, 2.45) is 0 Å². The fourth-order valence-corrected chi connectivity index (χ4v) is 4.25. The van der Waals surface area contributed by atoms with Gasteiger partial charge in [0.05, 0.1) is 18.4 Å². The molecule has 0 spiro atoms. The molecule has 2 N–H and O–H groups in total. The fraction of sp³-hybridized carbons (Fsp3) is 0.192. The number of carbonyl (C=O) groups is 1. The third kappa shape index (κ3) is 5.10. The van der Waals surface area contributed by atoms with Gasteiger partial charge < -0.3 is 10.6 Å². The lowest BCUT2D eigenvalue weighted by molar-refractivity contribution is 0.238. The van der Waals surface area contributed by atoms with Gasteiger partial charge in [0.25, 0.3) is 0 Å². The van der Waals surface area contributed by atoms with Crippen LogP contribution in [0.15, 0.2) is 85.1 Å². The quantitative estimate of drug-likeness (QED) is 0.464. The van der Waals surface area contributed by atoms with Gasteiger partial charge in [-0.1, -0.05) is 65.9 Å². The number of carbonyl (C=O) groups excluding carboxylic acids is 1. The molecule has 0 fully saturated rings. The van der Waals surface area contributed by atoms with Crippen LogP contribution in [0.25, 0.3) is 0 Å². The first-order valence-corrected chi connectivity index (χ1v) is 11.1. The Morgan fingerprint density at radius 3 is 2.48 bits per heavy atom. The number of aromatic nitrogens is 3. The van der Waals surface area contributed by atoms with E-state index in [2.05, 4.69) is 44.0 Å². The summed E-state index contributed by atoms with van der Waals surface area (Å²) in [4.78, 5) is 14.9. The first-order chi connectivity index (χ1) is 16.2. The van der Waals surface area contributed by atoms with Crippen LogP contribution in [0.4, 0.5) is 16.2 Å². The average molecular weight is 439 g/mol. The summed E-state index contributed by atoms with van der Waals surface area (Å²) in [5, 5.41) is 14.3. The lowest BCUT2D eigenvalue weighted by Crippen LogP contribution is -2.32. The van der Waals surface area contributed by atoms with Gasteiger partial charge in [-0.2, -0.15) is 0 Å².